The third kappa shape index (κ3) is 2.95. The SMILES string of the molecule is CN(CC1CCCCN1)c1cccnc1C#N. The number of hydrogen-bond acceptors (Lipinski definition) is 4. The lowest BCUT2D eigenvalue weighted by Crippen LogP contribution is -2.42. The second kappa shape index (κ2) is 5.65. The Bertz CT molecular complexity index is 404. The molecule has 0 bridgehead atoms. The van der Waals surface area contributed by atoms with Gasteiger partial charge in [0.15, 0.2) is 5.69 Å². The summed E-state index contributed by atoms with van der Waals surface area (Å²) in [6, 6.07) is 6.50. The van der Waals surface area contributed by atoms with Crippen molar-refractivity contribution < 1.29 is 0 Å². The van der Waals surface area contributed by atoms with Gasteiger partial charge in [0.1, 0.15) is 6.07 Å². The summed E-state index contributed by atoms with van der Waals surface area (Å²) >= 11 is 0. The van der Waals surface area contributed by atoms with Crippen molar-refractivity contribution >= 4 is 5.69 Å². The van der Waals surface area contributed by atoms with Crippen LogP contribution < -0.4 is 10.2 Å². The van der Waals surface area contributed by atoms with Gasteiger partial charge >= 0.3 is 0 Å². The van der Waals surface area contributed by atoms with Crippen LogP contribution in [0.25, 0.3) is 0 Å². The number of nitrogens with zero attached hydrogens (tertiary/aromatic N) is 3. The third-order valence-corrected chi connectivity index (χ3v) is 3.21. The van der Waals surface area contributed by atoms with Crippen LogP contribution in [0.15, 0.2) is 18.3 Å². The third-order valence-electron chi connectivity index (χ3n) is 3.21. The molecule has 1 saturated heterocycles. The highest BCUT2D eigenvalue weighted by atomic mass is 15.1. The fourth-order valence-corrected chi connectivity index (χ4v) is 2.30. The Balaban J connectivity index is 2.03. The second-order valence-electron chi connectivity index (χ2n) is 4.51. The molecule has 17 heavy (non-hydrogen) atoms. The van der Waals surface area contributed by atoms with E-state index in [0.717, 1.165) is 18.8 Å². The first kappa shape index (κ1) is 11.9. The molecule has 1 aromatic heterocycles. The minimum absolute atomic E-state index is 0.505. The molecule has 2 heterocycles. The van der Waals surface area contributed by atoms with Crippen LogP contribution >= 0.6 is 0 Å². The molecule has 0 aromatic carbocycles. The molecule has 0 radical (unpaired) electrons. The van der Waals surface area contributed by atoms with Crippen molar-refractivity contribution in [1.29, 1.82) is 5.26 Å². The lowest BCUT2D eigenvalue weighted by molar-refractivity contribution is 0.403. The Morgan fingerprint density at radius 1 is 1.59 bits per heavy atom. The van der Waals surface area contributed by atoms with Crippen LogP contribution in [0.5, 0.6) is 0 Å². The van der Waals surface area contributed by atoms with Crippen molar-refractivity contribution in [3.05, 3.63) is 24.0 Å². The Morgan fingerprint density at radius 3 is 3.18 bits per heavy atom. The van der Waals surface area contributed by atoms with Gasteiger partial charge in [-0.2, -0.15) is 5.26 Å². The fraction of sp³-hybridized carbons (Fsp3) is 0.538. The van der Waals surface area contributed by atoms with Gasteiger partial charge in [0.2, 0.25) is 0 Å². The van der Waals surface area contributed by atoms with Gasteiger partial charge in [-0.1, -0.05) is 6.42 Å². The molecule has 1 aliphatic rings. The summed E-state index contributed by atoms with van der Waals surface area (Å²) in [5, 5.41) is 12.5. The predicted octanol–water partition coefficient (Wildman–Crippen LogP) is 1.53. The average molecular weight is 230 g/mol. The molecule has 90 valence electrons. The monoisotopic (exact) mass is 230 g/mol. The quantitative estimate of drug-likeness (QED) is 0.855. The number of rotatable bonds is 3. The standard InChI is InChI=1S/C13H18N4/c1-17(10-11-5-2-3-7-15-11)13-6-4-8-16-12(13)9-14/h4,6,8,11,15H,2-3,5,7,10H2,1H3. The van der Waals surface area contributed by atoms with Crippen molar-refractivity contribution in [3.63, 3.8) is 0 Å². The number of hydrogen-bond donors (Lipinski definition) is 1. The Kier molecular flexibility index (Phi) is 3.94. The maximum Gasteiger partial charge on any atom is 0.163 e. The Labute approximate surface area is 102 Å². The number of aromatic nitrogens is 1. The number of pyridine rings is 1. The summed E-state index contributed by atoms with van der Waals surface area (Å²) in [6.45, 7) is 2.04. The molecule has 0 spiro atoms. The summed E-state index contributed by atoms with van der Waals surface area (Å²) in [7, 11) is 2.02. The highest BCUT2D eigenvalue weighted by Gasteiger charge is 2.16. The molecule has 0 amide bonds. The average Bonchev–Trinajstić information content (AvgIpc) is 2.40. The second-order valence-corrected chi connectivity index (χ2v) is 4.51. The van der Waals surface area contributed by atoms with Crippen LogP contribution in [0.1, 0.15) is 25.0 Å². The maximum atomic E-state index is 9.02. The normalized spacial score (nSPS) is 19.6. The van der Waals surface area contributed by atoms with Crippen LogP contribution in [0.2, 0.25) is 0 Å². The maximum absolute atomic E-state index is 9.02. The van der Waals surface area contributed by atoms with Gasteiger partial charge in [-0.25, -0.2) is 4.98 Å². The minimum Gasteiger partial charge on any atom is -0.371 e. The van der Waals surface area contributed by atoms with E-state index >= 15 is 0 Å². The number of likely N-dealkylation sites (N-methyl/N-ethyl adjacent to an activating group) is 1. The van der Waals surface area contributed by atoms with E-state index in [2.05, 4.69) is 21.3 Å². The Morgan fingerprint density at radius 2 is 2.47 bits per heavy atom. The van der Waals surface area contributed by atoms with Crippen LogP contribution in [-0.4, -0.2) is 31.2 Å². The van der Waals surface area contributed by atoms with Gasteiger partial charge < -0.3 is 10.2 Å². The molecular weight excluding hydrogens is 212 g/mol. The van der Waals surface area contributed by atoms with Crippen LogP contribution in [0, 0.1) is 11.3 Å². The summed E-state index contributed by atoms with van der Waals surface area (Å²) < 4.78 is 0. The molecule has 2 rings (SSSR count). The van der Waals surface area contributed by atoms with Crippen LogP contribution in [0.3, 0.4) is 0 Å². The minimum atomic E-state index is 0.505. The molecule has 4 nitrogen and oxygen atoms in total. The van der Waals surface area contributed by atoms with Gasteiger partial charge in [0, 0.05) is 25.8 Å². The summed E-state index contributed by atoms with van der Waals surface area (Å²) in [6.07, 6.45) is 5.45. The van der Waals surface area contributed by atoms with Gasteiger partial charge in [0.05, 0.1) is 5.69 Å². The predicted molar refractivity (Wildman–Crippen MR) is 67.9 cm³/mol. The van der Waals surface area contributed by atoms with Crippen LogP contribution in [-0.2, 0) is 0 Å². The smallest absolute Gasteiger partial charge is 0.163 e. The largest absolute Gasteiger partial charge is 0.371 e. The van der Waals surface area contributed by atoms with E-state index in [1.807, 2.05) is 19.2 Å². The van der Waals surface area contributed by atoms with E-state index in [-0.39, 0.29) is 0 Å². The number of nitrogens with one attached hydrogen (secondary N) is 1. The summed E-state index contributed by atoms with van der Waals surface area (Å²) in [5.74, 6) is 0. The summed E-state index contributed by atoms with van der Waals surface area (Å²) in [4.78, 5) is 6.21. The number of piperidine rings is 1. The van der Waals surface area contributed by atoms with Gasteiger partial charge in [0.25, 0.3) is 0 Å². The first-order valence-corrected chi connectivity index (χ1v) is 6.11. The van der Waals surface area contributed by atoms with Crippen molar-refractivity contribution in [2.45, 2.75) is 25.3 Å². The Hall–Kier alpha value is -1.60. The van der Waals surface area contributed by atoms with E-state index in [1.54, 1.807) is 6.20 Å². The topological polar surface area (TPSA) is 52.0 Å². The fourth-order valence-electron chi connectivity index (χ4n) is 2.30. The zero-order valence-corrected chi connectivity index (χ0v) is 10.2. The molecule has 1 atom stereocenters. The first-order chi connectivity index (χ1) is 8.31. The van der Waals surface area contributed by atoms with E-state index < -0.39 is 0 Å². The number of anilines is 1. The van der Waals surface area contributed by atoms with Crippen LogP contribution in [0.4, 0.5) is 5.69 Å². The number of nitriles is 1. The van der Waals surface area contributed by atoms with E-state index in [0.29, 0.717) is 11.7 Å². The zero-order valence-electron chi connectivity index (χ0n) is 10.2. The highest BCUT2D eigenvalue weighted by Crippen LogP contribution is 2.17. The van der Waals surface area contributed by atoms with Gasteiger partial charge in [-0.15, -0.1) is 0 Å². The lowest BCUT2D eigenvalue weighted by Gasteiger charge is -2.29. The molecule has 4 heteroatoms. The van der Waals surface area contributed by atoms with E-state index in [9.17, 15) is 0 Å². The van der Waals surface area contributed by atoms with Crippen molar-refractivity contribution in [2.75, 3.05) is 25.0 Å². The molecule has 1 unspecified atom stereocenters. The zero-order chi connectivity index (χ0) is 12.1. The highest BCUT2D eigenvalue weighted by molar-refractivity contribution is 5.55. The first-order valence-electron chi connectivity index (χ1n) is 6.11. The molecule has 0 aliphatic carbocycles. The van der Waals surface area contributed by atoms with E-state index in [4.69, 9.17) is 5.26 Å². The van der Waals surface area contributed by atoms with E-state index in [1.165, 1.54) is 19.3 Å². The molecule has 0 saturated carbocycles. The molecular formula is C13H18N4. The molecule has 1 aromatic rings. The molecule has 1 N–H and O–H groups in total. The summed E-state index contributed by atoms with van der Waals surface area (Å²) in [5.41, 5.74) is 1.42. The van der Waals surface area contributed by atoms with Crippen molar-refractivity contribution in [3.8, 4) is 6.07 Å². The van der Waals surface area contributed by atoms with Crippen molar-refractivity contribution in [1.82, 2.24) is 10.3 Å². The molecule has 1 aliphatic heterocycles. The molecule has 1 fully saturated rings. The van der Waals surface area contributed by atoms with Crippen molar-refractivity contribution in [2.24, 2.45) is 0 Å². The van der Waals surface area contributed by atoms with Gasteiger partial charge in [-0.05, 0) is 31.5 Å². The van der Waals surface area contributed by atoms with Gasteiger partial charge in [-0.3, -0.25) is 0 Å². The lowest BCUT2D eigenvalue weighted by atomic mass is 10.0.